The summed E-state index contributed by atoms with van der Waals surface area (Å²) in [5.74, 6) is 0.794. The van der Waals surface area contributed by atoms with Crippen LogP contribution in [0.25, 0.3) is 16.2 Å². The highest BCUT2D eigenvalue weighted by atomic mass is 32.1. The van der Waals surface area contributed by atoms with Crippen LogP contribution in [0.4, 0.5) is 0 Å². The van der Waals surface area contributed by atoms with Gasteiger partial charge in [0.15, 0.2) is 4.96 Å². The van der Waals surface area contributed by atoms with Crippen LogP contribution in [-0.4, -0.2) is 38.8 Å². The second-order valence-corrected chi connectivity index (χ2v) is 8.20. The number of imidazole rings is 1. The lowest BCUT2D eigenvalue weighted by molar-refractivity contribution is 0.0599. The number of fused-ring (bicyclic) bond motifs is 1. The Morgan fingerprint density at radius 1 is 1.17 bits per heavy atom. The Kier molecular flexibility index (Phi) is 4.96. The molecule has 4 aromatic rings. The predicted molar refractivity (Wildman–Crippen MR) is 117 cm³/mol. The van der Waals surface area contributed by atoms with Crippen molar-refractivity contribution in [1.29, 1.82) is 0 Å². The van der Waals surface area contributed by atoms with E-state index < -0.39 is 0 Å². The number of amides is 1. The maximum atomic E-state index is 13.6. The largest absolute Gasteiger partial charge is 0.496 e. The zero-order valence-corrected chi connectivity index (χ0v) is 17.5. The zero-order chi connectivity index (χ0) is 20.5. The Bertz CT molecular complexity index is 1180. The predicted octanol–water partition coefficient (Wildman–Crippen LogP) is 4.83. The molecule has 4 heterocycles. The number of hydrogen-bond acceptors (Lipinski definition) is 5. The number of benzene rings is 1. The lowest BCUT2D eigenvalue weighted by Gasteiger charge is -2.35. The van der Waals surface area contributed by atoms with E-state index in [-0.39, 0.29) is 11.9 Å². The van der Waals surface area contributed by atoms with Gasteiger partial charge in [0.25, 0.3) is 5.91 Å². The van der Waals surface area contributed by atoms with E-state index in [4.69, 9.17) is 9.72 Å². The highest BCUT2D eigenvalue weighted by Gasteiger charge is 2.31. The lowest BCUT2D eigenvalue weighted by Crippen LogP contribution is -2.39. The van der Waals surface area contributed by atoms with Crippen LogP contribution in [0.15, 0.2) is 60.2 Å². The summed E-state index contributed by atoms with van der Waals surface area (Å²) in [6.45, 7) is 0.742. The summed E-state index contributed by atoms with van der Waals surface area (Å²) in [6, 6.07) is 13.7. The highest BCUT2D eigenvalue weighted by Crippen LogP contribution is 2.34. The Hall–Kier alpha value is -3.19. The molecule has 30 heavy (non-hydrogen) atoms. The fraction of sp³-hybridized carbons (Fsp3) is 0.261. The number of para-hydroxylation sites is 1. The number of pyridine rings is 1. The molecule has 1 amide bonds. The second-order valence-electron chi connectivity index (χ2n) is 7.36. The Balaban J connectivity index is 1.51. The molecule has 0 spiro atoms. The molecule has 1 aliphatic rings. The molecule has 5 rings (SSSR count). The van der Waals surface area contributed by atoms with Crippen LogP contribution in [-0.2, 0) is 0 Å². The summed E-state index contributed by atoms with van der Waals surface area (Å²) in [6.07, 6.45) is 6.78. The molecule has 1 fully saturated rings. The van der Waals surface area contributed by atoms with Gasteiger partial charge in [0.05, 0.1) is 24.5 Å². The molecule has 1 unspecified atom stereocenters. The first-order chi connectivity index (χ1) is 14.8. The zero-order valence-electron chi connectivity index (χ0n) is 16.7. The molecule has 1 aliphatic heterocycles. The number of methoxy groups -OCH3 is 1. The summed E-state index contributed by atoms with van der Waals surface area (Å²) in [5, 5.41) is 1.90. The summed E-state index contributed by atoms with van der Waals surface area (Å²) in [4.78, 5) is 25.6. The van der Waals surface area contributed by atoms with E-state index in [2.05, 4.69) is 4.98 Å². The minimum atomic E-state index is 0.0135. The Morgan fingerprint density at radius 2 is 2.03 bits per heavy atom. The molecular formula is C23H22N4O2S. The van der Waals surface area contributed by atoms with Crippen molar-refractivity contribution in [2.45, 2.75) is 25.3 Å². The van der Waals surface area contributed by atoms with Crippen molar-refractivity contribution in [3.63, 3.8) is 0 Å². The SMILES string of the molecule is COc1ccccc1-c1cn2c(C(=O)N3CCCCC3c3ccccn3)csc2n1. The van der Waals surface area contributed by atoms with Crippen molar-refractivity contribution in [3.05, 3.63) is 71.6 Å². The summed E-state index contributed by atoms with van der Waals surface area (Å²) in [5.41, 5.74) is 3.32. The fourth-order valence-corrected chi connectivity index (χ4v) is 4.97. The molecule has 3 aromatic heterocycles. The van der Waals surface area contributed by atoms with Gasteiger partial charge in [-0.05, 0) is 43.5 Å². The van der Waals surface area contributed by atoms with Gasteiger partial charge in [0.2, 0.25) is 0 Å². The number of carbonyl (C=O) groups excluding carboxylic acids is 1. The Labute approximate surface area is 178 Å². The van der Waals surface area contributed by atoms with Gasteiger partial charge < -0.3 is 9.64 Å². The van der Waals surface area contributed by atoms with Crippen LogP contribution in [0.3, 0.4) is 0 Å². The van der Waals surface area contributed by atoms with Crippen LogP contribution >= 0.6 is 11.3 Å². The molecule has 0 N–H and O–H groups in total. The van der Waals surface area contributed by atoms with Crippen LogP contribution in [0.5, 0.6) is 5.75 Å². The van der Waals surface area contributed by atoms with E-state index in [1.807, 2.05) is 63.3 Å². The Morgan fingerprint density at radius 3 is 2.87 bits per heavy atom. The normalized spacial score (nSPS) is 16.7. The first-order valence-corrected chi connectivity index (χ1v) is 11.0. The van der Waals surface area contributed by atoms with Crippen LogP contribution in [0.1, 0.15) is 41.5 Å². The van der Waals surface area contributed by atoms with E-state index in [9.17, 15) is 4.79 Å². The van der Waals surface area contributed by atoms with Crippen LogP contribution < -0.4 is 4.74 Å². The van der Waals surface area contributed by atoms with Crippen molar-refractivity contribution >= 4 is 22.2 Å². The molecular weight excluding hydrogens is 396 g/mol. The minimum absolute atomic E-state index is 0.0135. The number of likely N-dealkylation sites (tertiary alicyclic amines) is 1. The van der Waals surface area contributed by atoms with Gasteiger partial charge >= 0.3 is 0 Å². The van der Waals surface area contributed by atoms with Crippen molar-refractivity contribution in [3.8, 4) is 17.0 Å². The average Bonchev–Trinajstić information content (AvgIpc) is 3.40. The summed E-state index contributed by atoms with van der Waals surface area (Å²) >= 11 is 1.48. The fourth-order valence-electron chi connectivity index (χ4n) is 4.13. The smallest absolute Gasteiger partial charge is 0.272 e. The van der Waals surface area contributed by atoms with Crippen molar-refractivity contribution in [2.75, 3.05) is 13.7 Å². The number of thiazole rings is 1. The molecule has 0 radical (unpaired) electrons. The van der Waals surface area contributed by atoms with E-state index in [1.54, 1.807) is 13.3 Å². The molecule has 0 aliphatic carbocycles. The number of ether oxygens (including phenoxy) is 1. The third-order valence-corrected chi connectivity index (χ3v) is 6.44. The van der Waals surface area contributed by atoms with Gasteiger partial charge in [-0.3, -0.25) is 14.2 Å². The number of aromatic nitrogens is 3. The van der Waals surface area contributed by atoms with Gasteiger partial charge in [-0.15, -0.1) is 11.3 Å². The average molecular weight is 419 g/mol. The van der Waals surface area contributed by atoms with E-state index in [1.165, 1.54) is 11.3 Å². The summed E-state index contributed by atoms with van der Waals surface area (Å²) in [7, 11) is 1.65. The standard InChI is InChI=1S/C23H22N4O2S/c1-29-21-11-3-2-8-16(21)18-14-27-20(15-30-23(27)25-18)22(28)26-13-7-5-10-19(26)17-9-4-6-12-24-17/h2-4,6,8-9,11-12,14-15,19H,5,7,10,13H2,1H3. The lowest BCUT2D eigenvalue weighted by atomic mass is 9.98. The first kappa shape index (κ1) is 18.8. The van der Waals surface area contributed by atoms with E-state index in [0.29, 0.717) is 5.69 Å². The second kappa shape index (κ2) is 7.91. The molecule has 0 bridgehead atoms. The topological polar surface area (TPSA) is 59.7 Å². The van der Waals surface area contributed by atoms with Crippen molar-refractivity contribution < 1.29 is 9.53 Å². The number of rotatable bonds is 4. The first-order valence-electron chi connectivity index (χ1n) is 10.1. The number of carbonyl (C=O) groups is 1. The molecule has 6 nitrogen and oxygen atoms in total. The summed E-state index contributed by atoms with van der Waals surface area (Å²) < 4.78 is 7.38. The number of hydrogen-bond donors (Lipinski definition) is 0. The van der Waals surface area contributed by atoms with Gasteiger partial charge in [0, 0.05) is 29.9 Å². The molecule has 0 saturated carbocycles. The molecule has 1 atom stereocenters. The minimum Gasteiger partial charge on any atom is -0.496 e. The van der Waals surface area contributed by atoms with Crippen LogP contribution in [0, 0.1) is 0 Å². The van der Waals surface area contributed by atoms with Crippen molar-refractivity contribution in [2.24, 2.45) is 0 Å². The van der Waals surface area contributed by atoms with E-state index in [0.717, 1.165) is 53.5 Å². The monoisotopic (exact) mass is 418 g/mol. The molecule has 1 saturated heterocycles. The van der Waals surface area contributed by atoms with Crippen molar-refractivity contribution in [1.82, 2.24) is 19.3 Å². The quantitative estimate of drug-likeness (QED) is 0.476. The molecule has 152 valence electrons. The maximum Gasteiger partial charge on any atom is 0.272 e. The maximum absolute atomic E-state index is 13.6. The third-order valence-electron chi connectivity index (χ3n) is 5.60. The van der Waals surface area contributed by atoms with Gasteiger partial charge in [-0.25, -0.2) is 4.98 Å². The number of piperidine rings is 1. The van der Waals surface area contributed by atoms with E-state index >= 15 is 0 Å². The van der Waals surface area contributed by atoms with Crippen LogP contribution in [0.2, 0.25) is 0 Å². The number of nitrogens with zero attached hydrogens (tertiary/aromatic N) is 4. The van der Waals surface area contributed by atoms with Gasteiger partial charge in [-0.1, -0.05) is 18.2 Å². The highest BCUT2D eigenvalue weighted by molar-refractivity contribution is 7.15. The third kappa shape index (κ3) is 3.25. The van der Waals surface area contributed by atoms with Gasteiger partial charge in [-0.2, -0.15) is 0 Å². The molecule has 1 aromatic carbocycles. The van der Waals surface area contributed by atoms with Gasteiger partial charge in [0.1, 0.15) is 11.4 Å². The molecule has 7 heteroatoms.